The highest BCUT2D eigenvalue weighted by Crippen LogP contribution is 2.56. The molecule has 8 aromatic carbocycles. The van der Waals surface area contributed by atoms with E-state index in [1.165, 1.54) is 160 Å². The highest BCUT2D eigenvalue weighted by molar-refractivity contribution is 5.92. The molecule has 4 atom stereocenters. The fourth-order valence-corrected chi connectivity index (χ4v) is 17.3. The Hall–Kier alpha value is -8.18. The molecule has 2 N–H and O–H groups in total. The Morgan fingerprint density at radius 3 is 0.798 bits per heavy atom. The van der Waals surface area contributed by atoms with Gasteiger partial charge in [0.15, 0.2) is 0 Å². The highest BCUT2D eigenvalue weighted by atomic mass is 16.5. The van der Waals surface area contributed by atoms with Gasteiger partial charge in [0.25, 0.3) is 0 Å². The first-order valence-corrected chi connectivity index (χ1v) is 39.1. The van der Waals surface area contributed by atoms with Crippen molar-refractivity contribution in [2.45, 2.75) is 245 Å². The largest absolute Gasteiger partial charge is 0.490 e. The van der Waals surface area contributed by atoms with Crippen molar-refractivity contribution in [2.75, 3.05) is 14.2 Å². The summed E-state index contributed by atoms with van der Waals surface area (Å²) in [7, 11) is 2.88. The maximum Gasteiger partial charge on any atom is 0.337 e. The second kappa shape index (κ2) is 31.9. The quantitative estimate of drug-likeness (QED) is 0.0712. The van der Waals surface area contributed by atoms with Gasteiger partial charge in [-0.3, -0.25) is 0 Å². The van der Waals surface area contributed by atoms with Crippen LogP contribution in [0.5, 0.6) is 23.0 Å². The van der Waals surface area contributed by atoms with Gasteiger partial charge in [0.1, 0.15) is 23.0 Å². The summed E-state index contributed by atoms with van der Waals surface area (Å²) >= 11 is 0. The zero-order valence-electron chi connectivity index (χ0n) is 63.5. The molecule has 0 spiro atoms. The van der Waals surface area contributed by atoms with Crippen molar-refractivity contribution in [1.82, 2.24) is 0 Å². The van der Waals surface area contributed by atoms with Crippen LogP contribution in [-0.2, 0) is 22.7 Å². The Labute approximate surface area is 619 Å². The molecule has 8 fully saturated rings. The van der Waals surface area contributed by atoms with E-state index in [0.29, 0.717) is 70.0 Å². The van der Waals surface area contributed by atoms with Gasteiger partial charge in [0, 0.05) is 0 Å². The molecule has 548 valence electrons. The Morgan fingerprint density at radius 1 is 0.327 bits per heavy atom. The molecule has 104 heavy (non-hydrogen) atoms. The van der Waals surface area contributed by atoms with Crippen LogP contribution >= 0.6 is 0 Å². The summed E-state index contributed by atoms with van der Waals surface area (Å²) in [6.07, 6.45) is 25.7. The lowest BCUT2D eigenvalue weighted by atomic mass is 9.75. The van der Waals surface area contributed by atoms with Crippen LogP contribution in [0.1, 0.15) is 262 Å². The zero-order valence-corrected chi connectivity index (χ0v) is 63.5. The van der Waals surface area contributed by atoms with Gasteiger partial charge in [0.05, 0.1) is 63.0 Å². The third-order valence-electron chi connectivity index (χ3n) is 24.0. The number of aliphatic hydroxyl groups is 2. The molecule has 0 aliphatic heterocycles. The summed E-state index contributed by atoms with van der Waals surface area (Å²) in [5, 5.41) is 19.3. The van der Waals surface area contributed by atoms with Crippen LogP contribution in [0.3, 0.4) is 0 Å². The first-order chi connectivity index (χ1) is 50.1. The number of hydrogen-bond donors (Lipinski definition) is 2. The Morgan fingerprint density at radius 2 is 0.577 bits per heavy atom. The molecule has 0 heterocycles. The summed E-state index contributed by atoms with van der Waals surface area (Å²) in [6.45, 7) is 19.1. The third kappa shape index (κ3) is 18.0. The van der Waals surface area contributed by atoms with E-state index in [4.69, 9.17) is 28.4 Å². The first-order valence-electron chi connectivity index (χ1n) is 39.1. The van der Waals surface area contributed by atoms with Crippen molar-refractivity contribution in [1.29, 1.82) is 0 Å². The number of aliphatic hydroxyl groups excluding tert-OH is 2. The molecule has 0 saturated heterocycles. The Bertz CT molecular complexity index is 4040. The zero-order chi connectivity index (χ0) is 72.9. The van der Waals surface area contributed by atoms with Crippen molar-refractivity contribution < 1.29 is 48.2 Å². The van der Waals surface area contributed by atoms with E-state index in [-0.39, 0.29) is 36.0 Å². The van der Waals surface area contributed by atoms with Crippen molar-refractivity contribution in [2.24, 2.45) is 21.7 Å². The number of rotatable bonds is 20. The molecule has 10 nitrogen and oxygen atoms in total. The smallest absolute Gasteiger partial charge is 0.337 e. The maximum absolute atomic E-state index is 12.1. The molecule has 8 aliphatic rings. The molecule has 0 radical (unpaired) electrons. The SMILES string of the molecule is CC1(C)CCC[C@@H]1c1cc(CO)ccc1-c1cccc(OC2CC2)c1.CC1(C)CCC[C@H]1c1cc(CO)ccc1-c1cccc(OC2CC2)c1.COC(=O)c1ccc(-c2cccc(OC3CC3)c2)c([C@@H]2CCCC2(C)C)c1.COC(=O)c1ccc(-c2cccc(OC3CC3)c2)c([C@H]2CCCC2(C)C)c1. The fourth-order valence-electron chi connectivity index (χ4n) is 17.3. The molecule has 0 aromatic heterocycles. The van der Waals surface area contributed by atoms with E-state index in [2.05, 4.69) is 189 Å². The number of carbonyl (C=O) groups is 2. The van der Waals surface area contributed by atoms with Crippen LogP contribution in [0.2, 0.25) is 0 Å². The molecule has 10 heteroatoms. The summed E-state index contributed by atoms with van der Waals surface area (Å²) in [5.41, 5.74) is 19.4. The van der Waals surface area contributed by atoms with Crippen LogP contribution in [0.25, 0.3) is 44.5 Å². The van der Waals surface area contributed by atoms with Gasteiger partial charge >= 0.3 is 11.9 Å². The summed E-state index contributed by atoms with van der Waals surface area (Å²) in [4.78, 5) is 24.3. The van der Waals surface area contributed by atoms with E-state index in [1.54, 1.807) is 0 Å². The Balaban J connectivity index is 0.000000123. The maximum atomic E-state index is 12.1. The highest BCUT2D eigenvalue weighted by Gasteiger charge is 2.41. The van der Waals surface area contributed by atoms with Gasteiger partial charge < -0.3 is 38.6 Å². The molecular formula is C94H112O10. The minimum Gasteiger partial charge on any atom is -0.490 e. The molecule has 0 amide bonds. The van der Waals surface area contributed by atoms with Crippen molar-refractivity contribution in [3.63, 3.8) is 0 Å². The topological polar surface area (TPSA) is 130 Å². The average Bonchev–Trinajstić information content (AvgIpc) is 1.07. The van der Waals surface area contributed by atoms with Crippen molar-refractivity contribution in [3.05, 3.63) is 214 Å². The van der Waals surface area contributed by atoms with Crippen LogP contribution in [0.4, 0.5) is 0 Å². The lowest BCUT2D eigenvalue weighted by Gasteiger charge is -2.29. The Kier molecular flexibility index (Phi) is 22.7. The average molecular weight is 1400 g/mol. The summed E-state index contributed by atoms with van der Waals surface area (Å²) in [6, 6.07) is 58.7. The van der Waals surface area contributed by atoms with E-state index in [9.17, 15) is 19.8 Å². The normalized spacial score (nSPS) is 21.6. The third-order valence-corrected chi connectivity index (χ3v) is 24.0. The van der Waals surface area contributed by atoms with Crippen LogP contribution < -0.4 is 18.9 Å². The predicted molar refractivity (Wildman–Crippen MR) is 418 cm³/mol. The van der Waals surface area contributed by atoms with E-state index in [0.717, 1.165) is 83.8 Å². The van der Waals surface area contributed by atoms with Crippen LogP contribution in [0, 0.1) is 21.7 Å². The second-order valence-electron chi connectivity index (χ2n) is 33.9. The first kappa shape index (κ1) is 74.1. The van der Waals surface area contributed by atoms with Crippen LogP contribution in [-0.4, -0.2) is 60.8 Å². The number of benzene rings is 8. The fraction of sp³-hybridized carbons (Fsp3) is 0.468. The van der Waals surface area contributed by atoms with Gasteiger partial charge in [-0.1, -0.05) is 178 Å². The van der Waals surface area contributed by atoms with Crippen molar-refractivity contribution in [3.8, 4) is 67.5 Å². The standard InChI is InChI=1S/2C24H28O3.2C23H28O2/c2*1-24(2)13-5-8-22(24)21-15-17(23(25)26-3)9-12-20(21)16-6-4-7-19(14-16)27-18-10-11-18;2*1-23(2)12-4-7-22(23)21-13-16(15-24)8-11-20(21)17-5-3-6-19(14-17)25-18-9-10-18/h2*4,6-7,9,12,14-15,18,22H,5,8,10-11,13H2,1-3H3;2*3,5-6,8,11,13-14,18,22,24H,4,7,9-10,12,15H2,1-2H3/t4*22-/m1010/s1. The molecule has 16 rings (SSSR count). The van der Waals surface area contributed by atoms with Gasteiger partial charge in [-0.2, -0.15) is 0 Å². The second-order valence-corrected chi connectivity index (χ2v) is 33.9. The summed E-state index contributed by atoms with van der Waals surface area (Å²) < 4.78 is 33.9. The monoisotopic (exact) mass is 1400 g/mol. The molecule has 0 unspecified atom stereocenters. The number of esters is 2. The minimum atomic E-state index is -0.274. The number of hydrogen-bond acceptors (Lipinski definition) is 10. The minimum absolute atomic E-state index is 0.102. The number of carbonyl (C=O) groups excluding carboxylic acids is 2. The summed E-state index contributed by atoms with van der Waals surface area (Å²) in [5.74, 6) is 5.23. The molecule has 0 bridgehead atoms. The van der Waals surface area contributed by atoms with Crippen LogP contribution in [0.15, 0.2) is 170 Å². The van der Waals surface area contributed by atoms with Gasteiger partial charge in [0.2, 0.25) is 0 Å². The van der Waals surface area contributed by atoms with E-state index in [1.807, 2.05) is 36.4 Å². The van der Waals surface area contributed by atoms with Crippen molar-refractivity contribution >= 4 is 11.9 Å². The van der Waals surface area contributed by atoms with E-state index >= 15 is 0 Å². The number of methoxy groups -OCH3 is 2. The molecule has 8 aliphatic carbocycles. The predicted octanol–water partition coefficient (Wildman–Crippen LogP) is 23.3. The van der Waals surface area contributed by atoms with Gasteiger partial charge in [-0.25, -0.2) is 9.59 Å². The lowest BCUT2D eigenvalue weighted by molar-refractivity contribution is 0.0591. The lowest BCUT2D eigenvalue weighted by Crippen LogP contribution is -2.17. The number of ether oxygens (including phenoxy) is 6. The molecule has 8 aromatic rings. The molecular weight excluding hydrogens is 1290 g/mol. The van der Waals surface area contributed by atoms with Gasteiger partial charge in [-0.15, -0.1) is 0 Å². The van der Waals surface area contributed by atoms with Gasteiger partial charge in [-0.05, 0) is 299 Å². The van der Waals surface area contributed by atoms with E-state index < -0.39 is 0 Å². The molecule has 8 saturated carbocycles.